The monoisotopic (exact) mass is 475 g/mol. The van der Waals surface area contributed by atoms with Gasteiger partial charge in [0.15, 0.2) is 0 Å². The lowest BCUT2D eigenvalue weighted by atomic mass is 10.2. The number of benzene rings is 2. The van der Waals surface area contributed by atoms with Crippen molar-refractivity contribution in [3.8, 4) is 0 Å². The van der Waals surface area contributed by atoms with E-state index in [-0.39, 0.29) is 43.7 Å². The molecule has 0 spiro atoms. The van der Waals surface area contributed by atoms with Gasteiger partial charge in [0.25, 0.3) is 11.8 Å². The summed E-state index contributed by atoms with van der Waals surface area (Å²) in [6, 6.07) is 11.1. The lowest BCUT2D eigenvalue weighted by Crippen LogP contribution is -2.57. The number of hydrogen-bond donors (Lipinski definition) is 2. The third kappa shape index (κ3) is 4.72. The van der Waals surface area contributed by atoms with Gasteiger partial charge in [-0.15, -0.1) is 0 Å². The number of nitrogens with zero attached hydrogens (tertiary/aromatic N) is 3. The molecule has 1 saturated heterocycles. The van der Waals surface area contributed by atoms with Crippen LogP contribution in [0, 0.1) is 5.82 Å². The molecule has 0 aliphatic carbocycles. The smallest absolute Gasteiger partial charge is 0.292 e. The van der Waals surface area contributed by atoms with Gasteiger partial charge in [0, 0.05) is 18.8 Å². The summed E-state index contributed by atoms with van der Waals surface area (Å²) in [4.78, 5) is 28.9. The number of nitrogens with one attached hydrogen (secondary N) is 2. The number of halogens is 1. The molecule has 1 atom stereocenters. The maximum absolute atomic E-state index is 14.4. The van der Waals surface area contributed by atoms with Gasteiger partial charge in [-0.05, 0) is 37.3 Å². The molecule has 2 aliphatic rings. The van der Waals surface area contributed by atoms with Crippen molar-refractivity contribution < 1.29 is 27.1 Å². The third-order valence-electron chi connectivity index (χ3n) is 5.12. The Hall–Kier alpha value is -3.35. The number of anilines is 2. The fourth-order valence-electron chi connectivity index (χ4n) is 3.40. The van der Waals surface area contributed by atoms with Gasteiger partial charge in [0.05, 0.1) is 18.9 Å². The highest BCUT2D eigenvalue weighted by Crippen LogP contribution is 2.24. The van der Waals surface area contributed by atoms with Gasteiger partial charge in [-0.25, -0.2) is 22.8 Å². The number of hydrogen-bond acceptors (Lipinski definition) is 7. The van der Waals surface area contributed by atoms with Crippen LogP contribution in [0.25, 0.3) is 0 Å². The van der Waals surface area contributed by atoms with E-state index in [1.807, 2.05) is 0 Å². The Morgan fingerprint density at radius 1 is 1.18 bits per heavy atom. The Bertz CT molecular complexity index is 1200. The molecular formula is C21H22FN5O5S. The topological polar surface area (TPSA) is 120 Å². The van der Waals surface area contributed by atoms with E-state index in [0.29, 0.717) is 5.69 Å². The first kappa shape index (κ1) is 22.8. The van der Waals surface area contributed by atoms with Crippen LogP contribution >= 0.6 is 0 Å². The molecule has 1 fully saturated rings. The summed E-state index contributed by atoms with van der Waals surface area (Å²) >= 11 is 0. The van der Waals surface area contributed by atoms with E-state index in [9.17, 15) is 22.4 Å². The van der Waals surface area contributed by atoms with E-state index in [0.717, 1.165) is 16.4 Å². The van der Waals surface area contributed by atoms with E-state index in [4.69, 9.17) is 4.74 Å². The molecule has 2 aromatic carbocycles. The van der Waals surface area contributed by atoms with Crippen molar-refractivity contribution in [3.05, 3.63) is 54.3 Å². The molecule has 0 radical (unpaired) electrons. The largest absolute Gasteiger partial charge is 0.379 e. The number of rotatable bonds is 5. The minimum atomic E-state index is -4.11. The Morgan fingerprint density at radius 3 is 2.58 bits per heavy atom. The van der Waals surface area contributed by atoms with E-state index in [1.54, 1.807) is 37.3 Å². The first-order chi connectivity index (χ1) is 15.8. The molecule has 10 nitrogen and oxygen atoms in total. The highest BCUT2D eigenvalue weighted by molar-refractivity contribution is 7.89. The molecule has 2 heterocycles. The van der Waals surface area contributed by atoms with Crippen LogP contribution in [-0.4, -0.2) is 62.7 Å². The number of sulfonamides is 1. The van der Waals surface area contributed by atoms with Gasteiger partial charge >= 0.3 is 0 Å². The zero-order valence-corrected chi connectivity index (χ0v) is 18.5. The molecule has 12 heteroatoms. The molecule has 4 rings (SSSR count). The second-order valence-electron chi connectivity index (χ2n) is 7.39. The summed E-state index contributed by atoms with van der Waals surface area (Å²) in [6.07, 6.45) is 0. The maximum Gasteiger partial charge on any atom is 0.292 e. The predicted octanol–water partition coefficient (Wildman–Crippen LogP) is 1.12. The van der Waals surface area contributed by atoms with Crippen molar-refractivity contribution >= 4 is 39.0 Å². The first-order valence-electron chi connectivity index (χ1n) is 10.2. The van der Waals surface area contributed by atoms with Crippen LogP contribution < -0.4 is 15.8 Å². The van der Waals surface area contributed by atoms with Crippen molar-refractivity contribution in [2.75, 3.05) is 36.6 Å². The lowest BCUT2D eigenvalue weighted by Gasteiger charge is -2.30. The van der Waals surface area contributed by atoms with Gasteiger partial charge in [-0.3, -0.25) is 15.0 Å². The van der Waals surface area contributed by atoms with Crippen LogP contribution in [0.4, 0.5) is 15.8 Å². The standard InChI is InChI=1S/C21H22FN5O5S/c1-14-21(29)27(16-5-3-2-4-6-16)25-19(23-14)20(28)24-15-7-8-17(22)18(13-15)33(30,31)26-9-11-32-12-10-26/h2-8,13-14H,9-12H2,1H3,(H,23,25)(H,24,28). The number of amides is 2. The van der Waals surface area contributed by atoms with Crippen LogP contribution in [-0.2, 0) is 24.3 Å². The maximum atomic E-state index is 14.4. The Kier molecular flexibility index (Phi) is 6.40. The fourth-order valence-corrected chi connectivity index (χ4v) is 4.90. The van der Waals surface area contributed by atoms with Gasteiger partial charge in [0.1, 0.15) is 16.8 Å². The molecule has 2 aliphatic heterocycles. The Labute approximate surface area is 190 Å². The molecule has 0 bridgehead atoms. The predicted molar refractivity (Wildman–Crippen MR) is 119 cm³/mol. The molecule has 0 aromatic heterocycles. The second-order valence-corrected chi connectivity index (χ2v) is 9.30. The highest BCUT2D eigenvalue weighted by Gasteiger charge is 2.32. The SMILES string of the molecule is CC1N=C(C(=O)Nc2ccc(F)c(S(=O)(=O)N3CCOCC3)c2)NN(c2ccccc2)C1=O. The average molecular weight is 476 g/mol. The number of para-hydroxylation sites is 1. The Morgan fingerprint density at radius 2 is 1.88 bits per heavy atom. The first-order valence-corrected chi connectivity index (χ1v) is 11.6. The van der Waals surface area contributed by atoms with Crippen molar-refractivity contribution in [2.24, 2.45) is 4.99 Å². The molecular weight excluding hydrogens is 453 g/mol. The number of hydrazine groups is 1. The zero-order valence-electron chi connectivity index (χ0n) is 17.7. The van der Waals surface area contributed by atoms with Crippen molar-refractivity contribution in [2.45, 2.75) is 17.9 Å². The van der Waals surface area contributed by atoms with E-state index in [1.165, 1.54) is 11.1 Å². The van der Waals surface area contributed by atoms with Crippen molar-refractivity contribution in [1.82, 2.24) is 9.73 Å². The van der Waals surface area contributed by atoms with Gasteiger partial charge in [-0.1, -0.05) is 18.2 Å². The van der Waals surface area contributed by atoms with Crippen LogP contribution in [0.3, 0.4) is 0 Å². The van der Waals surface area contributed by atoms with Crippen LogP contribution in [0.5, 0.6) is 0 Å². The van der Waals surface area contributed by atoms with Crippen molar-refractivity contribution in [1.29, 1.82) is 0 Å². The average Bonchev–Trinajstić information content (AvgIpc) is 2.83. The van der Waals surface area contributed by atoms with Crippen LogP contribution in [0.15, 0.2) is 58.4 Å². The molecule has 0 saturated carbocycles. The van der Waals surface area contributed by atoms with Gasteiger partial charge in [-0.2, -0.15) is 4.31 Å². The lowest BCUT2D eigenvalue weighted by molar-refractivity contribution is -0.120. The summed E-state index contributed by atoms with van der Waals surface area (Å²) in [6.45, 7) is 2.22. The number of morpholine rings is 1. The summed E-state index contributed by atoms with van der Waals surface area (Å²) in [5.41, 5.74) is 3.27. The normalized spacial score (nSPS) is 19.6. The second kappa shape index (κ2) is 9.25. The van der Waals surface area contributed by atoms with Gasteiger partial charge in [0.2, 0.25) is 15.9 Å². The summed E-state index contributed by atoms with van der Waals surface area (Å²) < 4.78 is 46.4. The molecule has 2 N–H and O–H groups in total. The minimum Gasteiger partial charge on any atom is -0.379 e. The number of ether oxygens (including phenoxy) is 1. The van der Waals surface area contributed by atoms with Crippen LogP contribution in [0.1, 0.15) is 6.92 Å². The number of amidine groups is 1. The quantitative estimate of drug-likeness (QED) is 0.669. The number of aliphatic imine (C=N–C) groups is 1. The minimum absolute atomic E-state index is 0.0635. The van der Waals surface area contributed by atoms with Crippen LogP contribution in [0.2, 0.25) is 0 Å². The molecule has 2 amide bonds. The Balaban J connectivity index is 1.55. The molecule has 174 valence electrons. The summed E-state index contributed by atoms with van der Waals surface area (Å²) in [7, 11) is -4.11. The van der Waals surface area contributed by atoms with Crippen molar-refractivity contribution in [3.63, 3.8) is 0 Å². The van der Waals surface area contributed by atoms with E-state index >= 15 is 0 Å². The highest BCUT2D eigenvalue weighted by atomic mass is 32.2. The summed E-state index contributed by atoms with van der Waals surface area (Å²) in [5, 5.41) is 3.73. The third-order valence-corrected chi connectivity index (χ3v) is 7.04. The molecule has 2 aromatic rings. The number of carbonyl (C=O) groups excluding carboxylic acids is 2. The number of carbonyl (C=O) groups is 2. The van der Waals surface area contributed by atoms with Gasteiger partial charge < -0.3 is 10.1 Å². The fraction of sp³-hybridized carbons (Fsp3) is 0.286. The molecule has 33 heavy (non-hydrogen) atoms. The zero-order chi connectivity index (χ0) is 23.6. The van der Waals surface area contributed by atoms with E-state index in [2.05, 4.69) is 15.7 Å². The molecule has 1 unspecified atom stereocenters. The van der Waals surface area contributed by atoms with E-state index < -0.39 is 32.7 Å². The summed E-state index contributed by atoms with van der Waals surface area (Å²) in [5.74, 6) is -2.13.